The van der Waals surface area contributed by atoms with Gasteiger partial charge in [-0.2, -0.15) is 13.2 Å². The fourth-order valence-electron chi connectivity index (χ4n) is 6.74. The van der Waals surface area contributed by atoms with Crippen LogP contribution in [0.3, 0.4) is 0 Å². The third-order valence-electron chi connectivity index (χ3n) is 8.83. The first-order valence-electron chi connectivity index (χ1n) is 14.1. The highest BCUT2D eigenvalue weighted by Gasteiger charge is 2.51. The maximum Gasteiger partial charge on any atom is 0.416 e. The molecule has 5 rings (SSSR count). The molecule has 2 aromatic carbocycles. The lowest BCUT2D eigenvalue weighted by Crippen LogP contribution is -2.48. The molecule has 3 aliphatic carbocycles. The lowest BCUT2D eigenvalue weighted by atomic mass is 9.83. The maximum absolute atomic E-state index is 14.9. The number of carboxylic acids is 1. The quantitative estimate of drug-likeness (QED) is 0.326. The summed E-state index contributed by atoms with van der Waals surface area (Å²) >= 11 is 0. The normalized spacial score (nSPS) is 26.6. The fourth-order valence-corrected chi connectivity index (χ4v) is 6.74. The number of hydrogen-bond acceptors (Lipinski definition) is 5. The first kappa shape index (κ1) is 30.6. The van der Waals surface area contributed by atoms with Crippen LogP contribution in [0.25, 0.3) is 0 Å². The van der Waals surface area contributed by atoms with Crippen molar-refractivity contribution in [3.05, 3.63) is 53.1 Å². The molecule has 232 valence electrons. The average Bonchev–Trinajstić information content (AvgIpc) is 3.55. The van der Waals surface area contributed by atoms with Crippen molar-refractivity contribution in [3.8, 4) is 11.5 Å². The van der Waals surface area contributed by atoms with Gasteiger partial charge >= 0.3 is 12.1 Å². The first-order chi connectivity index (χ1) is 20.3. The van der Waals surface area contributed by atoms with E-state index < -0.39 is 65.1 Å². The van der Waals surface area contributed by atoms with Gasteiger partial charge in [-0.1, -0.05) is 0 Å². The third kappa shape index (κ3) is 6.54. The summed E-state index contributed by atoms with van der Waals surface area (Å²) < 4.78 is 79.4. The minimum Gasteiger partial charge on any atom is -0.496 e. The minimum atomic E-state index is -4.81. The zero-order valence-corrected chi connectivity index (χ0v) is 23.2. The Morgan fingerprint density at radius 3 is 2.26 bits per heavy atom. The van der Waals surface area contributed by atoms with Gasteiger partial charge in [0.15, 0.2) is 11.6 Å². The van der Waals surface area contributed by atoms with Crippen LogP contribution in [0.1, 0.15) is 60.9 Å². The highest BCUT2D eigenvalue weighted by molar-refractivity contribution is 5.99. The smallest absolute Gasteiger partial charge is 0.416 e. The largest absolute Gasteiger partial charge is 0.496 e. The number of amides is 2. The number of carbonyl (C=O) groups excluding carboxylic acids is 2. The molecule has 0 aliphatic heterocycles. The van der Waals surface area contributed by atoms with E-state index in [1.165, 1.54) is 13.2 Å². The van der Waals surface area contributed by atoms with E-state index in [1.54, 1.807) is 0 Å². The summed E-state index contributed by atoms with van der Waals surface area (Å²) in [6, 6.07) is 3.34. The van der Waals surface area contributed by atoms with Gasteiger partial charge in [-0.15, -0.1) is 0 Å². The number of anilines is 1. The molecule has 4 atom stereocenters. The van der Waals surface area contributed by atoms with E-state index in [0.29, 0.717) is 50.7 Å². The van der Waals surface area contributed by atoms with Crippen LogP contribution in [-0.2, 0) is 15.8 Å². The Labute approximate surface area is 243 Å². The standard InChI is InChI=1S/C30H31F5N2O6/c1-42-23-13-22(32)24(43-20-6-4-14(5-7-20)29(40)41)12-21(23)27(38)37-26-16-3-2-15(8-16)25(26)28(39)36-19-10-17(30(33,34)35)9-18(31)11-19/h9-16,20,25-26H,2-8H2,1H3,(H,36,39)(H,37,38)(H,40,41)/t14?,15?,16-,20?,25-,26+/m0/s1. The van der Waals surface area contributed by atoms with E-state index in [9.17, 15) is 41.4 Å². The van der Waals surface area contributed by atoms with Crippen LogP contribution in [-0.4, -0.2) is 42.1 Å². The lowest BCUT2D eigenvalue weighted by molar-refractivity contribution is -0.143. The summed E-state index contributed by atoms with van der Waals surface area (Å²) in [4.78, 5) is 38.1. The molecule has 8 nitrogen and oxygen atoms in total. The number of carbonyl (C=O) groups is 3. The number of ether oxygens (including phenoxy) is 2. The molecule has 2 aromatic rings. The second-order valence-corrected chi connectivity index (χ2v) is 11.5. The molecule has 0 saturated heterocycles. The SMILES string of the molecule is COc1cc(F)c(OC2CCC(C(=O)O)CC2)cc1C(=O)N[C@@H]1[C@H]2CCC(C2)[C@@H]1C(=O)Nc1cc(F)cc(C(F)(F)F)c1. The highest BCUT2D eigenvalue weighted by atomic mass is 19.4. The molecule has 3 saturated carbocycles. The maximum atomic E-state index is 14.9. The molecule has 0 spiro atoms. The summed E-state index contributed by atoms with van der Waals surface area (Å²) in [6.45, 7) is 0. The topological polar surface area (TPSA) is 114 Å². The Balaban J connectivity index is 1.32. The minimum absolute atomic E-state index is 0.0417. The molecule has 3 fully saturated rings. The van der Waals surface area contributed by atoms with Gasteiger partial charge in [0.05, 0.1) is 36.2 Å². The summed E-state index contributed by atoms with van der Waals surface area (Å²) in [7, 11) is 1.27. The highest BCUT2D eigenvalue weighted by Crippen LogP contribution is 2.49. The predicted molar refractivity (Wildman–Crippen MR) is 143 cm³/mol. The molecular formula is C30H31F5N2O6. The predicted octanol–water partition coefficient (Wildman–Crippen LogP) is 5.80. The second-order valence-electron chi connectivity index (χ2n) is 11.5. The number of fused-ring (bicyclic) bond motifs is 2. The van der Waals surface area contributed by atoms with Crippen molar-refractivity contribution in [2.45, 2.75) is 63.3 Å². The zero-order chi connectivity index (χ0) is 31.1. The summed E-state index contributed by atoms with van der Waals surface area (Å²) in [5.74, 6) is -5.84. The van der Waals surface area contributed by atoms with E-state index in [2.05, 4.69) is 10.6 Å². The molecule has 1 unspecified atom stereocenters. The van der Waals surface area contributed by atoms with Gasteiger partial charge < -0.3 is 25.2 Å². The Bertz CT molecular complexity index is 1410. The molecule has 13 heteroatoms. The fraction of sp³-hybridized carbons (Fsp3) is 0.500. The van der Waals surface area contributed by atoms with Gasteiger partial charge in [0.25, 0.3) is 5.91 Å². The van der Waals surface area contributed by atoms with E-state index in [0.717, 1.165) is 18.6 Å². The van der Waals surface area contributed by atoms with Gasteiger partial charge in [-0.25, -0.2) is 8.78 Å². The van der Waals surface area contributed by atoms with Crippen LogP contribution in [0, 0.1) is 35.3 Å². The number of carboxylic acid groups (broad SMARTS) is 1. The average molecular weight is 611 g/mol. The van der Waals surface area contributed by atoms with E-state index in [-0.39, 0.29) is 34.6 Å². The van der Waals surface area contributed by atoms with Crippen molar-refractivity contribution >= 4 is 23.5 Å². The molecule has 2 amide bonds. The van der Waals surface area contributed by atoms with Crippen LogP contribution >= 0.6 is 0 Å². The number of benzene rings is 2. The van der Waals surface area contributed by atoms with Gasteiger partial charge in [-0.05, 0) is 81.0 Å². The van der Waals surface area contributed by atoms with Crippen molar-refractivity contribution < 1.29 is 50.9 Å². The van der Waals surface area contributed by atoms with Crippen molar-refractivity contribution in [1.29, 1.82) is 0 Å². The van der Waals surface area contributed by atoms with E-state index in [4.69, 9.17) is 9.47 Å². The molecule has 3 N–H and O–H groups in total. The number of aliphatic carboxylic acids is 1. The second kappa shape index (κ2) is 12.0. The molecule has 0 radical (unpaired) electrons. The van der Waals surface area contributed by atoms with Crippen molar-refractivity contribution in [2.75, 3.05) is 12.4 Å². The van der Waals surface area contributed by atoms with Gasteiger partial charge in [0.1, 0.15) is 11.6 Å². The molecule has 2 bridgehead atoms. The van der Waals surface area contributed by atoms with Crippen LogP contribution in [0.2, 0.25) is 0 Å². The third-order valence-corrected chi connectivity index (χ3v) is 8.83. The molecule has 0 aromatic heterocycles. The Hall–Kier alpha value is -3.90. The monoisotopic (exact) mass is 610 g/mol. The summed E-state index contributed by atoms with van der Waals surface area (Å²) in [6.07, 6.45) is -1.64. The number of methoxy groups -OCH3 is 1. The van der Waals surface area contributed by atoms with Crippen LogP contribution in [0.4, 0.5) is 27.6 Å². The van der Waals surface area contributed by atoms with Gasteiger partial charge in [0.2, 0.25) is 5.91 Å². The lowest BCUT2D eigenvalue weighted by Gasteiger charge is -2.31. The summed E-state index contributed by atoms with van der Waals surface area (Å²) in [5, 5.41) is 14.5. The van der Waals surface area contributed by atoms with Crippen molar-refractivity contribution in [3.63, 3.8) is 0 Å². The van der Waals surface area contributed by atoms with E-state index >= 15 is 0 Å². The number of hydrogen-bond donors (Lipinski definition) is 3. The first-order valence-corrected chi connectivity index (χ1v) is 14.1. The van der Waals surface area contributed by atoms with E-state index in [1.807, 2.05) is 0 Å². The van der Waals surface area contributed by atoms with Crippen LogP contribution in [0.15, 0.2) is 30.3 Å². The summed E-state index contributed by atoms with van der Waals surface area (Å²) in [5.41, 5.74) is -1.62. The molecular weight excluding hydrogens is 579 g/mol. The Kier molecular flexibility index (Phi) is 8.53. The molecule has 3 aliphatic rings. The number of alkyl halides is 3. The van der Waals surface area contributed by atoms with Crippen LogP contribution < -0.4 is 20.1 Å². The van der Waals surface area contributed by atoms with Crippen LogP contribution in [0.5, 0.6) is 11.5 Å². The number of nitrogens with one attached hydrogen (secondary N) is 2. The van der Waals surface area contributed by atoms with Gasteiger partial charge in [0, 0.05) is 17.8 Å². The Morgan fingerprint density at radius 2 is 1.60 bits per heavy atom. The van der Waals surface area contributed by atoms with Gasteiger partial charge in [-0.3, -0.25) is 14.4 Å². The van der Waals surface area contributed by atoms with Crippen molar-refractivity contribution in [1.82, 2.24) is 5.32 Å². The number of rotatable bonds is 8. The van der Waals surface area contributed by atoms with Crippen molar-refractivity contribution in [2.24, 2.45) is 23.7 Å². The Morgan fingerprint density at radius 1 is 0.907 bits per heavy atom. The zero-order valence-electron chi connectivity index (χ0n) is 23.2. The molecule has 43 heavy (non-hydrogen) atoms. The number of halogens is 5. The molecule has 0 heterocycles.